The molecule has 1 aliphatic heterocycles. The van der Waals surface area contributed by atoms with Crippen LogP contribution in [0.1, 0.15) is 22.8 Å². The number of carbonyl (C=O) groups excluding carboxylic acids is 2. The Morgan fingerprint density at radius 1 is 1.15 bits per heavy atom. The predicted molar refractivity (Wildman–Crippen MR) is 101 cm³/mol. The molecule has 0 saturated heterocycles. The van der Waals surface area contributed by atoms with Gasteiger partial charge in [0, 0.05) is 11.0 Å². The Bertz CT molecular complexity index is 880. The van der Waals surface area contributed by atoms with Gasteiger partial charge in [-0.25, -0.2) is 0 Å². The van der Waals surface area contributed by atoms with Gasteiger partial charge in [-0.05, 0) is 58.8 Å². The molecule has 0 spiro atoms. The molecular weight excluding hydrogens is 400 g/mol. The van der Waals surface area contributed by atoms with Gasteiger partial charge in [0.25, 0.3) is 11.8 Å². The quantitative estimate of drug-likeness (QED) is 0.734. The third-order valence-electron chi connectivity index (χ3n) is 3.66. The lowest BCUT2D eigenvalue weighted by molar-refractivity contribution is -0.117. The molecule has 2 aromatic carbocycles. The molecule has 2 N–H and O–H groups in total. The lowest BCUT2D eigenvalue weighted by atomic mass is 10.1. The fraction of sp³-hybridized carbons (Fsp3) is 0.158. The number of hydrogen-bond donors (Lipinski definition) is 2. The van der Waals surface area contributed by atoms with Gasteiger partial charge >= 0.3 is 0 Å². The molecule has 0 aromatic heterocycles. The molecule has 0 bridgehead atoms. The molecule has 0 fully saturated rings. The number of halogens is 1. The average molecular weight is 417 g/mol. The Morgan fingerprint density at radius 3 is 2.69 bits per heavy atom. The molecule has 0 aliphatic carbocycles. The van der Waals surface area contributed by atoms with E-state index in [0.717, 1.165) is 0 Å². The summed E-state index contributed by atoms with van der Waals surface area (Å²) in [5, 5.41) is 5.38. The van der Waals surface area contributed by atoms with Crippen molar-refractivity contribution in [3.63, 3.8) is 0 Å². The maximum Gasteiger partial charge on any atom is 0.267 e. The standard InChI is InChI=1S/C19H17BrN2O4/c1-2-21-19(24)15(22-18(23)13-5-3-4-6-14(13)20)9-12-7-8-16-17(10-12)26-11-25-16/h3-10H,2,11H2,1H3,(H,21,24)(H,22,23)/b15-9-. The van der Waals surface area contributed by atoms with Gasteiger partial charge in [-0.1, -0.05) is 18.2 Å². The fourth-order valence-electron chi connectivity index (χ4n) is 2.42. The SMILES string of the molecule is CCNC(=O)/C(=C/c1ccc2c(c1)OCO2)NC(=O)c1ccccc1Br. The minimum absolute atomic E-state index is 0.145. The van der Waals surface area contributed by atoms with Crippen LogP contribution in [0.4, 0.5) is 0 Å². The van der Waals surface area contributed by atoms with Crippen LogP contribution >= 0.6 is 15.9 Å². The number of benzene rings is 2. The first-order valence-electron chi connectivity index (χ1n) is 8.04. The van der Waals surface area contributed by atoms with E-state index in [4.69, 9.17) is 9.47 Å². The molecule has 3 rings (SSSR count). The van der Waals surface area contributed by atoms with Gasteiger partial charge in [0.1, 0.15) is 5.70 Å². The van der Waals surface area contributed by atoms with E-state index in [1.165, 1.54) is 0 Å². The summed E-state index contributed by atoms with van der Waals surface area (Å²) < 4.78 is 11.3. The molecule has 0 radical (unpaired) electrons. The lowest BCUT2D eigenvalue weighted by Crippen LogP contribution is -2.34. The number of rotatable bonds is 5. The maximum absolute atomic E-state index is 12.6. The van der Waals surface area contributed by atoms with Gasteiger partial charge in [0.15, 0.2) is 11.5 Å². The zero-order valence-corrected chi connectivity index (χ0v) is 15.6. The van der Waals surface area contributed by atoms with Crippen molar-refractivity contribution in [1.29, 1.82) is 0 Å². The van der Waals surface area contributed by atoms with Gasteiger partial charge in [-0.3, -0.25) is 9.59 Å². The summed E-state index contributed by atoms with van der Waals surface area (Å²) in [5.74, 6) is 0.506. The van der Waals surface area contributed by atoms with E-state index in [1.807, 2.05) is 13.0 Å². The van der Waals surface area contributed by atoms with E-state index in [9.17, 15) is 9.59 Å². The zero-order valence-electron chi connectivity index (χ0n) is 14.0. The molecule has 0 saturated carbocycles. The van der Waals surface area contributed by atoms with Crippen LogP contribution < -0.4 is 20.1 Å². The monoisotopic (exact) mass is 416 g/mol. The molecule has 0 atom stereocenters. The van der Waals surface area contributed by atoms with E-state index in [0.29, 0.717) is 33.6 Å². The summed E-state index contributed by atoms with van der Waals surface area (Å²) in [4.78, 5) is 24.9. The maximum atomic E-state index is 12.6. The predicted octanol–water partition coefficient (Wildman–Crippen LogP) is 3.08. The first-order valence-corrected chi connectivity index (χ1v) is 8.83. The molecule has 2 aromatic rings. The minimum atomic E-state index is -0.379. The summed E-state index contributed by atoms with van der Waals surface area (Å²) in [5.41, 5.74) is 1.29. The summed E-state index contributed by atoms with van der Waals surface area (Å²) in [7, 11) is 0. The number of carbonyl (C=O) groups is 2. The van der Waals surface area contributed by atoms with Gasteiger partial charge < -0.3 is 20.1 Å². The van der Waals surface area contributed by atoms with E-state index < -0.39 is 0 Å². The molecule has 7 heteroatoms. The minimum Gasteiger partial charge on any atom is -0.454 e. The van der Waals surface area contributed by atoms with E-state index in [2.05, 4.69) is 26.6 Å². The van der Waals surface area contributed by atoms with Crippen molar-refractivity contribution in [3.05, 3.63) is 63.8 Å². The Hall–Kier alpha value is -2.80. The van der Waals surface area contributed by atoms with E-state index in [1.54, 1.807) is 42.5 Å². The lowest BCUT2D eigenvalue weighted by Gasteiger charge is -2.11. The fourth-order valence-corrected chi connectivity index (χ4v) is 2.88. The number of amides is 2. The molecular formula is C19H17BrN2O4. The average Bonchev–Trinajstić information content (AvgIpc) is 3.09. The van der Waals surface area contributed by atoms with Crippen molar-refractivity contribution in [3.8, 4) is 11.5 Å². The Labute approximate surface area is 159 Å². The van der Waals surface area contributed by atoms with Crippen molar-refractivity contribution in [1.82, 2.24) is 10.6 Å². The van der Waals surface area contributed by atoms with E-state index >= 15 is 0 Å². The highest BCUT2D eigenvalue weighted by molar-refractivity contribution is 9.10. The third-order valence-corrected chi connectivity index (χ3v) is 4.35. The first-order chi connectivity index (χ1) is 12.6. The first kappa shape index (κ1) is 18.0. The number of nitrogens with one attached hydrogen (secondary N) is 2. The van der Waals surface area contributed by atoms with Crippen LogP contribution in [-0.2, 0) is 4.79 Å². The van der Waals surface area contributed by atoms with Crippen LogP contribution in [0.3, 0.4) is 0 Å². The second-order valence-corrected chi connectivity index (χ2v) is 6.32. The van der Waals surface area contributed by atoms with Gasteiger partial charge in [-0.15, -0.1) is 0 Å². The number of hydrogen-bond acceptors (Lipinski definition) is 4. The van der Waals surface area contributed by atoms with Crippen molar-refractivity contribution in [2.45, 2.75) is 6.92 Å². The second-order valence-electron chi connectivity index (χ2n) is 5.46. The van der Waals surface area contributed by atoms with Crippen molar-refractivity contribution >= 4 is 33.8 Å². The van der Waals surface area contributed by atoms with E-state index in [-0.39, 0.29) is 24.3 Å². The normalized spacial score (nSPS) is 12.6. The molecule has 26 heavy (non-hydrogen) atoms. The van der Waals surface area contributed by atoms with Gasteiger partial charge in [0.2, 0.25) is 6.79 Å². The topological polar surface area (TPSA) is 76.7 Å². The number of fused-ring (bicyclic) bond motifs is 1. The Morgan fingerprint density at radius 2 is 1.92 bits per heavy atom. The molecule has 1 heterocycles. The van der Waals surface area contributed by atoms with Crippen molar-refractivity contribution in [2.24, 2.45) is 0 Å². The van der Waals surface area contributed by atoms with Crippen molar-refractivity contribution < 1.29 is 19.1 Å². The van der Waals surface area contributed by atoms with Crippen LogP contribution in [0.15, 0.2) is 52.6 Å². The molecule has 134 valence electrons. The molecule has 0 unspecified atom stereocenters. The van der Waals surface area contributed by atoms with Crippen molar-refractivity contribution in [2.75, 3.05) is 13.3 Å². The molecule has 1 aliphatic rings. The van der Waals surface area contributed by atoms with Crippen LogP contribution in [0, 0.1) is 0 Å². The smallest absolute Gasteiger partial charge is 0.267 e. The highest BCUT2D eigenvalue weighted by atomic mass is 79.9. The largest absolute Gasteiger partial charge is 0.454 e. The number of likely N-dealkylation sites (N-methyl/N-ethyl adjacent to an activating group) is 1. The van der Waals surface area contributed by atoms with Gasteiger partial charge in [0.05, 0.1) is 5.56 Å². The third kappa shape index (κ3) is 4.05. The second kappa shape index (κ2) is 8.05. The van der Waals surface area contributed by atoms with Crippen LogP contribution in [0.5, 0.6) is 11.5 Å². The Balaban J connectivity index is 1.89. The highest BCUT2D eigenvalue weighted by Crippen LogP contribution is 2.33. The highest BCUT2D eigenvalue weighted by Gasteiger charge is 2.17. The summed E-state index contributed by atoms with van der Waals surface area (Å²) in [6.07, 6.45) is 1.60. The number of ether oxygens (including phenoxy) is 2. The molecule has 2 amide bonds. The van der Waals surface area contributed by atoms with Crippen LogP contribution in [0.2, 0.25) is 0 Å². The Kier molecular flexibility index (Phi) is 5.58. The van der Waals surface area contributed by atoms with Gasteiger partial charge in [-0.2, -0.15) is 0 Å². The summed E-state index contributed by atoms with van der Waals surface area (Å²) >= 11 is 3.34. The van der Waals surface area contributed by atoms with Crippen LogP contribution in [0.25, 0.3) is 6.08 Å². The summed E-state index contributed by atoms with van der Waals surface area (Å²) in [6.45, 7) is 2.43. The zero-order chi connectivity index (χ0) is 18.5. The van der Waals surface area contributed by atoms with Crippen LogP contribution in [-0.4, -0.2) is 25.2 Å². The summed E-state index contributed by atoms with van der Waals surface area (Å²) in [6, 6.07) is 12.3. The molecule has 6 nitrogen and oxygen atoms in total.